The van der Waals surface area contributed by atoms with E-state index in [1.54, 1.807) is 19.4 Å². The number of ether oxygens (including phenoxy) is 1. The van der Waals surface area contributed by atoms with Crippen LogP contribution in [-0.2, 0) is 11.2 Å². The molecule has 0 fully saturated rings. The topological polar surface area (TPSA) is 75.0 Å². The zero-order chi connectivity index (χ0) is 15.1. The van der Waals surface area contributed by atoms with Crippen molar-refractivity contribution >= 4 is 11.6 Å². The Morgan fingerprint density at radius 2 is 2.29 bits per heavy atom. The van der Waals surface area contributed by atoms with Crippen molar-refractivity contribution in [3.8, 4) is 11.8 Å². The predicted molar refractivity (Wildman–Crippen MR) is 78.9 cm³/mol. The third kappa shape index (κ3) is 4.05. The molecule has 5 nitrogen and oxygen atoms in total. The summed E-state index contributed by atoms with van der Waals surface area (Å²) in [6, 6.07) is 11.2. The summed E-state index contributed by atoms with van der Waals surface area (Å²) in [4.78, 5) is 15.8. The van der Waals surface area contributed by atoms with Crippen LogP contribution in [0, 0.1) is 11.3 Å². The molecule has 0 aliphatic carbocycles. The van der Waals surface area contributed by atoms with E-state index in [0.717, 1.165) is 11.3 Å². The van der Waals surface area contributed by atoms with Gasteiger partial charge in [0.25, 0.3) is 0 Å². The van der Waals surface area contributed by atoms with Crippen molar-refractivity contribution in [2.45, 2.75) is 12.8 Å². The number of methoxy groups -OCH3 is 1. The predicted octanol–water partition coefficient (Wildman–Crippen LogP) is 2.53. The van der Waals surface area contributed by atoms with E-state index in [0.29, 0.717) is 24.1 Å². The Hall–Kier alpha value is -2.87. The Morgan fingerprint density at radius 3 is 3.05 bits per heavy atom. The van der Waals surface area contributed by atoms with Crippen LogP contribution in [0.25, 0.3) is 0 Å². The number of pyridine rings is 1. The second kappa shape index (κ2) is 7.06. The molecular weight excluding hydrogens is 266 g/mol. The molecule has 1 aromatic heterocycles. The number of rotatable bonds is 5. The maximum Gasteiger partial charge on any atom is 0.224 e. The van der Waals surface area contributed by atoms with Crippen LogP contribution in [0.1, 0.15) is 17.5 Å². The molecule has 0 aliphatic rings. The molecule has 0 spiro atoms. The molecule has 5 heteroatoms. The van der Waals surface area contributed by atoms with Gasteiger partial charge >= 0.3 is 0 Å². The summed E-state index contributed by atoms with van der Waals surface area (Å²) in [5, 5.41) is 11.7. The van der Waals surface area contributed by atoms with Crippen LogP contribution in [0.3, 0.4) is 0 Å². The van der Waals surface area contributed by atoms with Gasteiger partial charge in [0.05, 0.1) is 18.4 Å². The van der Waals surface area contributed by atoms with Gasteiger partial charge in [-0.15, -0.1) is 0 Å². The minimum Gasteiger partial charge on any atom is -0.497 e. The van der Waals surface area contributed by atoms with Crippen LogP contribution < -0.4 is 10.1 Å². The van der Waals surface area contributed by atoms with Gasteiger partial charge in [0, 0.05) is 18.8 Å². The van der Waals surface area contributed by atoms with Gasteiger partial charge in [0.1, 0.15) is 11.8 Å². The van der Waals surface area contributed by atoms with Gasteiger partial charge in [-0.3, -0.25) is 9.78 Å². The number of nitriles is 1. The lowest BCUT2D eigenvalue weighted by Crippen LogP contribution is -2.13. The lowest BCUT2D eigenvalue weighted by molar-refractivity contribution is -0.116. The average Bonchev–Trinajstić information content (AvgIpc) is 2.53. The minimum atomic E-state index is -0.138. The molecule has 0 saturated heterocycles. The lowest BCUT2D eigenvalue weighted by Gasteiger charge is -2.07. The van der Waals surface area contributed by atoms with Crippen molar-refractivity contribution in [2.75, 3.05) is 12.4 Å². The largest absolute Gasteiger partial charge is 0.497 e. The number of hydrogen-bond donors (Lipinski definition) is 1. The molecule has 0 aliphatic heterocycles. The van der Waals surface area contributed by atoms with Gasteiger partial charge in [0.2, 0.25) is 5.91 Å². The second-order valence-corrected chi connectivity index (χ2v) is 4.43. The first-order chi connectivity index (χ1) is 10.2. The molecule has 0 saturated carbocycles. The van der Waals surface area contributed by atoms with Gasteiger partial charge in [-0.1, -0.05) is 12.1 Å². The van der Waals surface area contributed by atoms with Crippen molar-refractivity contribution in [3.05, 3.63) is 53.9 Å². The number of nitrogens with one attached hydrogen (secondary N) is 1. The third-order valence-electron chi connectivity index (χ3n) is 2.99. The maximum absolute atomic E-state index is 11.9. The fourth-order valence-corrected chi connectivity index (χ4v) is 1.89. The summed E-state index contributed by atoms with van der Waals surface area (Å²) < 4.78 is 5.14. The number of aromatic nitrogens is 1. The van der Waals surface area contributed by atoms with Crippen molar-refractivity contribution in [2.24, 2.45) is 0 Å². The normalized spacial score (nSPS) is 9.71. The first-order valence-corrected chi connectivity index (χ1v) is 6.50. The summed E-state index contributed by atoms with van der Waals surface area (Å²) >= 11 is 0. The molecule has 0 bridgehead atoms. The Labute approximate surface area is 123 Å². The molecule has 1 heterocycles. The van der Waals surface area contributed by atoms with E-state index in [1.165, 1.54) is 6.20 Å². The molecule has 0 radical (unpaired) electrons. The molecule has 0 unspecified atom stereocenters. The fraction of sp³-hybridized carbons (Fsp3) is 0.188. The number of nitrogens with zero attached hydrogens (tertiary/aromatic N) is 2. The smallest absolute Gasteiger partial charge is 0.224 e. The number of benzene rings is 1. The van der Waals surface area contributed by atoms with Gasteiger partial charge in [-0.05, 0) is 30.2 Å². The molecule has 1 N–H and O–H groups in total. The van der Waals surface area contributed by atoms with E-state index in [9.17, 15) is 4.79 Å². The summed E-state index contributed by atoms with van der Waals surface area (Å²) in [5.41, 5.74) is 1.87. The number of hydrogen-bond acceptors (Lipinski definition) is 4. The highest BCUT2D eigenvalue weighted by molar-refractivity contribution is 5.92. The Morgan fingerprint density at radius 1 is 1.43 bits per heavy atom. The Bertz CT molecular complexity index is 677. The third-order valence-corrected chi connectivity index (χ3v) is 2.99. The van der Waals surface area contributed by atoms with E-state index in [-0.39, 0.29) is 5.91 Å². The van der Waals surface area contributed by atoms with E-state index < -0.39 is 0 Å². The number of amides is 1. The van der Waals surface area contributed by atoms with Crippen LogP contribution in [0.2, 0.25) is 0 Å². The molecule has 21 heavy (non-hydrogen) atoms. The standard InChI is InChI=1S/C16H15N3O2/c1-21-14-4-2-3-12(9-14)5-6-16(20)19-15-7-8-18-11-13(15)10-17/h2-4,7-9,11H,5-6H2,1H3,(H,18,19,20). The van der Waals surface area contributed by atoms with Gasteiger partial charge in [0.15, 0.2) is 0 Å². The van der Waals surface area contributed by atoms with Gasteiger partial charge in [-0.25, -0.2) is 0 Å². The van der Waals surface area contributed by atoms with E-state index in [4.69, 9.17) is 10.00 Å². The molecule has 2 rings (SSSR count). The summed E-state index contributed by atoms with van der Waals surface area (Å²) in [7, 11) is 1.61. The highest BCUT2D eigenvalue weighted by atomic mass is 16.5. The quantitative estimate of drug-likeness (QED) is 0.913. The van der Waals surface area contributed by atoms with Gasteiger partial charge in [-0.2, -0.15) is 5.26 Å². The molecular formula is C16H15N3O2. The average molecular weight is 281 g/mol. The highest BCUT2D eigenvalue weighted by Crippen LogP contribution is 2.15. The number of anilines is 1. The number of carbonyl (C=O) groups is 1. The molecule has 1 aromatic carbocycles. The van der Waals surface area contributed by atoms with E-state index in [2.05, 4.69) is 10.3 Å². The monoisotopic (exact) mass is 281 g/mol. The Balaban J connectivity index is 1.94. The molecule has 1 amide bonds. The number of aryl methyl sites for hydroxylation is 1. The number of carbonyl (C=O) groups excluding carboxylic acids is 1. The van der Waals surface area contributed by atoms with Crippen molar-refractivity contribution in [3.63, 3.8) is 0 Å². The first-order valence-electron chi connectivity index (χ1n) is 6.50. The van der Waals surface area contributed by atoms with Crippen LogP contribution in [0.4, 0.5) is 5.69 Å². The van der Waals surface area contributed by atoms with Crippen molar-refractivity contribution < 1.29 is 9.53 Å². The minimum absolute atomic E-state index is 0.138. The summed E-state index contributed by atoms with van der Waals surface area (Å²) in [6.45, 7) is 0. The molecule has 2 aromatic rings. The van der Waals surface area contributed by atoms with Crippen LogP contribution in [0.5, 0.6) is 5.75 Å². The van der Waals surface area contributed by atoms with Crippen LogP contribution in [-0.4, -0.2) is 18.0 Å². The molecule has 106 valence electrons. The fourth-order valence-electron chi connectivity index (χ4n) is 1.89. The molecule has 0 atom stereocenters. The second-order valence-electron chi connectivity index (χ2n) is 4.43. The van der Waals surface area contributed by atoms with Crippen LogP contribution in [0.15, 0.2) is 42.7 Å². The van der Waals surface area contributed by atoms with Crippen molar-refractivity contribution in [1.29, 1.82) is 5.26 Å². The summed E-state index contributed by atoms with van der Waals surface area (Å²) in [5.74, 6) is 0.634. The zero-order valence-electron chi connectivity index (χ0n) is 11.7. The van der Waals surface area contributed by atoms with Gasteiger partial charge < -0.3 is 10.1 Å². The summed E-state index contributed by atoms with van der Waals surface area (Å²) in [6.07, 6.45) is 3.91. The highest BCUT2D eigenvalue weighted by Gasteiger charge is 2.07. The van der Waals surface area contributed by atoms with E-state index >= 15 is 0 Å². The van der Waals surface area contributed by atoms with Crippen molar-refractivity contribution in [1.82, 2.24) is 4.98 Å². The zero-order valence-corrected chi connectivity index (χ0v) is 11.7. The maximum atomic E-state index is 11.9. The van der Waals surface area contributed by atoms with Crippen LogP contribution >= 0.6 is 0 Å². The Kier molecular flexibility index (Phi) is 4.89. The van der Waals surface area contributed by atoms with E-state index in [1.807, 2.05) is 30.3 Å². The SMILES string of the molecule is COc1cccc(CCC(=O)Nc2ccncc2C#N)c1. The first kappa shape index (κ1) is 14.5. The lowest BCUT2D eigenvalue weighted by atomic mass is 10.1.